The van der Waals surface area contributed by atoms with E-state index < -0.39 is 0 Å². The SMILES string of the molecule is [CH2-]C[CH2-].[CH2-]C[CH2-].[CH2-]C[CH2-].[V].[V]. The fraction of sp³-hybridized carbons (Fsp3) is 0.333. The zero-order valence-corrected chi connectivity index (χ0v) is 10.1. The van der Waals surface area contributed by atoms with E-state index in [0.29, 0.717) is 0 Å². The predicted octanol–water partition coefficient (Wildman–Crippen LogP) is 3.13. The normalized spacial score (nSPS) is 4.91. The smallest absolute Gasteiger partial charge is 0 e. The van der Waals surface area contributed by atoms with Crippen LogP contribution in [0.5, 0.6) is 0 Å². The summed E-state index contributed by atoms with van der Waals surface area (Å²) in [7, 11) is 0. The largest absolute Gasteiger partial charge is 0.372 e. The second-order valence-corrected chi connectivity index (χ2v) is 1.06. The summed E-state index contributed by atoms with van der Waals surface area (Å²) in [5, 5.41) is 0. The maximum absolute atomic E-state index is 3.38. The van der Waals surface area contributed by atoms with Crippen molar-refractivity contribution in [3.8, 4) is 0 Å². The summed E-state index contributed by atoms with van der Waals surface area (Å²) in [5.74, 6) is 0. The minimum absolute atomic E-state index is 0. The number of hydrogen-bond donors (Lipinski definition) is 0. The average Bonchev–Trinajstić information content (AvgIpc) is 1.70. The van der Waals surface area contributed by atoms with Crippen molar-refractivity contribution in [2.75, 3.05) is 0 Å². The second kappa shape index (κ2) is 66.5. The summed E-state index contributed by atoms with van der Waals surface area (Å²) in [6.45, 7) is 20.2. The van der Waals surface area contributed by atoms with Gasteiger partial charge in [0.05, 0.1) is 0 Å². The topological polar surface area (TPSA) is 0 Å². The van der Waals surface area contributed by atoms with Gasteiger partial charge in [-0.3, -0.25) is 0 Å². The molecule has 0 unspecified atom stereocenters. The van der Waals surface area contributed by atoms with Crippen LogP contribution in [0.3, 0.4) is 0 Å². The van der Waals surface area contributed by atoms with Gasteiger partial charge < -0.3 is 60.8 Å². The standard InChI is InChI=1S/3C3H6.2V/c3*1-3-2;;/h3*1-3H2;;/q3*-2;;. The molecular formula is C9H18V2-6. The summed E-state index contributed by atoms with van der Waals surface area (Å²) in [5.41, 5.74) is 0. The Hall–Kier alpha value is 1.17. The Balaban J connectivity index is -0.0000000150. The van der Waals surface area contributed by atoms with E-state index in [2.05, 4.69) is 41.5 Å². The van der Waals surface area contributed by atoms with Crippen LogP contribution in [0, 0.1) is 41.5 Å². The van der Waals surface area contributed by atoms with Crippen molar-refractivity contribution in [2.45, 2.75) is 19.3 Å². The van der Waals surface area contributed by atoms with Gasteiger partial charge in [0, 0.05) is 37.1 Å². The molecule has 0 aromatic rings. The number of hydrogen-bond acceptors (Lipinski definition) is 0. The van der Waals surface area contributed by atoms with E-state index >= 15 is 0 Å². The van der Waals surface area contributed by atoms with Crippen LogP contribution in [0.1, 0.15) is 19.3 Å². The van der Waals surface area contributed by atoms with Crippen LogP contribution in [0.2, 0.25) is 0 Å². The molecule has 11 heavy (non-hydrogen) atoms. The minimum Gasteiger partial charge on any atom is -0.372 e. The summed E-state index contributed by atoms with van der Waals surface area (Å²) in [4.78, 5) is 0. The third-order valence-electron chi connectivity index (χ3n) is 0. The first-order valence-electron chi connectivity index (χ1n) is 3.00. The molecule has 0 aliphatic carbocycles. The molecule has 0 heterocycles. The summed E-state index contributed by atoms with van der Waals surface area (Å²) in [6.07, 6.45) is 2.25. The van der Waals surface area contributed by atoms with Crippen molar-refractivity contribution in [1.29, 1.82) is 0 Å². The van der Waals surface area contributed by atoms with E-state index in [1.165, 1.54) is 0 Å². The number of rotatable bonds is 0. The zero-order valence-electron chi connectivity index (χ0n) is 7.26. The molecule has 0 aliphatic heterocycles. The molecule has 0 fully saturated rings. The molecule has 2 heteroatoms. The van der Waals surface area contributed by atoms with Crippen LogP contribution in [-0.4, -0.2) is 0 Å². The van der Waals surface area contributed by atoms with Crippen molar-refractivity contribution in [3.63, 3.8) is 0 Å². The molecule has 2 radical (unpaired) electrons. The van der Waals surface area contributed by atoms with E-state index in [-0.39, 0.29) is 37.1 Å². The van der Waals surface area contributed by atoms with Gasteiger partial charge >= 0.3 is 0 Å². The van der Waals surface area contributed by atoms with Crippen LogP contribution in [0.15, 0.2) is 0 Å². The second-order valence-electron chi connectivity index (χ2n) is 1.06. The van der Waals surface area contributed by atoms with Gasteiger partial charge in [-0.05, 0) is 0 Å². The molecule has 0 bridgehead atoms. The first kappa shape index (κ1) is 29.5. The third kappa shape index (κ3) is 687. The Kier molecular flexibility index (Phi) is 178. The van der Waals surface area contributed by atoms with Crippen LogP contribution in [-0.2, 0) is 37.1 Å². The molecule has 0 spiro atoms. The maximum Gasteiger partial charge on any atom is 0 e. The van der Waals surface area contributed by atoms with Gasteiger partial charge in [0.2, 0.25) is 0 Å². The first-order chi connectivity index (χ1) is 4.24. The van der Waals surface area contributed by atoms with Crippen molar-refractivity contribution < 1.29 is 37.1 Å². The van der Waals surface area contributed by atoms with Gasteiger partial charge in [-0.1, -0.05) is 0 Å². The van der Waals surface area contributed by atoms with Gasteiger partial charge in [-0.25, -0.2) is 0 Å². The van der Waals surface area contributed by atoms with E-state index in [1.54, 1.807) is 0 Å². The van der Waals surface area contributed by atoms with Gasteiger partial charge in [-0.2, -0.15) is 0 Å². The molecule has 0 atom stereocenters. The maximum atomic E-state index is 3.38. The quantitative estimate of drug-likeness (QED) is 0.559. The Morgan fingerprint density at radius 2 is 0.455 bits per heavy atom. The molecule has 0 aromatic carbocycles. The molecule has 70 valence electrons. The van der Waals surface area contributed by atoms with E-state index in [9.17, 15) is 0 Å². The third-order valence-corrected chi connectivity index (χ3v) is 0. The summed E-state index contributed by atoms with van der Waals surface area (Å²) >= 11 is 0. The van der Waals surface area contributed by atoms with Gasteiger partial charge in [0.1, 0.15) is 0 Å². The fourth-order valence-electron chi connectivity index (χ4n) is 0. The van der Waals surface area contributed by atoms with Gasteiger partial charge in [-0.15, -0.1) is 0 Å². The van der Waals surface area contributed by atoms with Crippen molar-refractivity contribution in [1.82, 2.24) is 0 Å². The molecule has 0 N–H and O–H groups in total. The van der Waals surface area contributed by atoms with Crippen LogP contribution in [0.25, 0.3) is 0 Å². The summed E-state index contributed by atoms with van der Waals surface area (Å²) < 4.78 is 0. The monoisotopic (exact) mass is 228 g/mol. The minimum atomic E-state index is 0. The Morgan fingerprint density at radius 1 is 0.455 bits per heavy atom. The van der Waals surface area contributed by atoms with Crippen LogP contribution < -0.4 is 0 Å². The van der Waals surface area contributed by atoms with Crippen LogP contribution >= 0.6 is 0 Å². The molecule has 0 saturated heterocycles. The molecule has 0 aromatic heterocycles. The molecule has 0 nitrogen and oxygen atoms in total. The molecule has 0 rings (SSSR count). The average molecular weight is 228 g/mol. The Morgan fingerprint density at radius 3 is 0.455 bits per heavy atom. The predicted molar refractivity (Wildman–Crippen MR) is 46.0 cm³/mol. The summed E-state index contributed by atoms with van der Waals surface area (Å²) in [6, 6.07) is 0. The van der Waals surface area contributed by atoms with E-state index in [1.807, 2.05) is 0 Å². The molecule has 0 saturated carbocycles. The van der Waals surface area contributed by atoms with E-state index in [4.69, 9.17) is 0 Å². The van der Waals surface area contributed by atoms with Crippen molar-refractivity contribution >= 4 is 0 Å². The Bertz CT molecular complexity index is 12.3. The molecule has 0 aliphatic rings. The first-order valence-corrected chi connectivity index (χ1v) is 3.00. The van der Waals surface area contributed by atoms with Gasteiger partial charge in [0.15, 0.2) is 0 Å². The van der Waals surface area contributed by atoms with Gasteiger partial charge in [0.25, 0.3) is 0 Å². The van der Waals surface area contributed by atoms with Crippen molar-refractivity contribution in [3.05, 3.63) is 41.5 Å². The molecular weight excluding hydrogens is 210 g/mol. The van der Waals surface area contributed by atoms with Crippen molar-refractivity contribution in [2.24, 2.45) is 0 Å². The molecule has 0 amide bonds. The van der Waals surface area contributed by atoms with E-state index in [0.717, 1.165) is 19.3 Å². The fourth-order valence-corrected chi connectivity index (χ4v) is 0. The Labute approximate surface area is 97.7 Å². The zero-order chi connectivity index (χ0) is 8.12. The van der Waals surface area contributed by atoms with Crippen LogP contribution in [0.4, 0.5) is 0 Å².